The third kappa shape index (κ3) is 8.18. The minimum Gasteiger partial charge on any atom is -0.359 e. The molecule has 4 nitrogen and oxygen atoms in total. The summed E-state index contributed by atoms with van der Waals surface area (Å²) >= 11 is 0. The van der Waals surface area contributed by atoms with Crippen LogP contribution in [0.1, 0.15) is 86.8 Å². The van der Waals surface area contributed by atoms with Gasteiger partial charge in [0.25, 0.3) is 0 Å². The van der Waals surface area contributed by atoms with E-state index in [1.54, 1.807) is 0 Å². The van der Waals surface area contributed by atoms with Crippen LogP contribution in [0.3, 0.4) is 0 Å². The van der Waals surface area contributed by atoms with Crippen molar-refractivity contribution in [3.8, 4) is 0 Å². The Hall–Kier alpha value is -3.14. The molecule has 1 fully saturated rings. The highest BCUT2D eigenvalue weighted by molar-refractivity contribution is 5.95. The van der Waals surface area contributed by atoms with Crippen molar-refractivity contribution in [1.29, 1.82) is 0 Å². The van der Waals surface area contributed by atoms with Crippen LogP contribution in [-0.4, -0.2) is 23.5 Å². The Balaban J connectivity index is 1.73. The quantitative estimate of drug-likeness (QED) is 0.346. The van der Waals surface area contributed by atoms with Crippen LogP contribution in [0.5, 0.6) is 0 Å². The van der Waals surface area contributed by atoms with Crippen molar-refractivity contribution in [3.05, 3.63) is 81.2 Å². The van der Waals surface area contributed by atoms with Gasteiger partial charge in [-0.1, -0.05) is 48.2 Å². The third-order valence-corrected chi connectivity index (χ3v) is 7.28. The molecule has 0 amide bonds. The van der Waals surface area contributed by atoms with Crippen molar-refractivity contribution in [1.82, 2.24) is 0 Å². The fraction of sp³-hybridized carbons (Fsp3) is 0.471. The first kappa shape index (κ1) is 29.4. The summed E-state index contributed by atoms with van der Waals surface area (Å²) in [7, 11) is 0. The highest BCUT2D eigenvalue weighted by Gasteiger charge is 2.24. The number of benzene rings is 2. The summed E-state index contributed by atoms with van der Waals surface area (Å²) in [5.41, 5.74) is 14.4. The van der Waals surface area contributed by atoms with Crippen molar-refractivity contribution >= 4 is 22.8 Å². The van der Waals surface area contributed by atoms with Crippen LogP contribution in [0.25, 0.3) is 0 Å². The van der Waals surface area contributed by atoms with E-state index in [0.717, 1.165) is 35.7 Å². The Kier molecular flexibility index (Phi) is 10.1. The predicted molar refractivity (Wildman–Crippen MR) is 168 cm³/mol. The van der Waals surface area contributed by atoms with Crippen molar-refractivity contribution < 1.29 is 0 Å². The molecule has 2 N–H and O–H groups in total. The van der Waals surface area contributed by atoms with Gasteiger partial charge in [-0.2, -0.15) is 0 Å². The number of aryl methyl sites for hydroxylation is 6. The van der Waals surface area contributed by atoms with E-state index in [4.69, 9.17) is 9.98 Å². The van der Waals surface area contributed by atoms with Gasteiger partial charge >= 0.3 is 0 Å². The number of hydrogen-bond donors (Lipinski definition) is 2. The van der Waals surface area contributed by atoms with Gasteiger partial charge in [0.15, 0.2) is 0 Å². The molecular formula is C34H48N4. The summed E-state index contributed by atoms with van der Waals surface area (Å²) < 4.78 is 0. The molecule has 1 aliphatic rings. The van der Waals surface area contributed by atoms with Crippen LogP contribution in [-0.2, 0) is 0 Å². The fourth-order valence-corrected chi connectivity index (χ4v) is 5.84. The molecule has 3 rings (SSSR count). The summed E-state index contributed by atoms with van der Waals surface area (Å²) in [5, 5.41) is 7.22. The molecule has 204 valence electrons. The Morgan fingerprint density at radius 1 is 0.605 bits per heavy atom. The van der Waals surface area contributed by atoms with Gasteiger partial charge in [-0.05, 0) is 116 Å². The van der Waals surface area contributed by atoms with Gasteiger partial charge in [0.2, 0.25) is 0 Å². The molecule has 2 aromatic rings. The molecule has 38 heavy (non-hydrogen) atoms. The van der Waals surface area contributed by atoms with Gasteiger partial charge in [0, 0.05) is 34.2 Å². The second-order valence-corrected chi connectivity index (χ2v) is 11.4. The van der Waals surface area contributed by atoms with E-state index in [9.17, 15) is 0 Å². The molecule has 2 atom stereocenters. The topological polar surface area (TPSA) is 48.8 Å². The van der Waals surface area contributed by atoms with Crippen LogP contribution >= 0.6 is 0 Å². The molecule has 0 bridgehead atoms. The van der Waals surface area contributed by atoms with Crippen LogP contribution < -0.4 is 10.6 Å². The standard InChI is InChI=1S/C34H48N4/c1-21-15-23(3)33(24(4)16-21)37-29(9)19-27(7)35-31-13-11-12-14-32(31)36-28(8)20-30(10)38-34-25(5)17-22(2)18-26(34)6/h15-20,31-32,37-38H,11-14H2,1-10H3/t31-,32-/m0/s1. The summed E-state index contributed by atoms with van der Waals surface area (Å²) in [6, 6.07) is 9.37. The summed E-state index contributed by atoms with van der Waals surface area (Å²) in [6.07, 6.45) is 8.97. The van der Waals surface area contributed by atoms with E-state index in [0.29, 0.717) is 0 Å². The molecule has 0 heterocycles. The number of nitrogens with zero attached hydrogens (tertiary/aromatic N) is 2. The summed E-state index contributed by atoms with van der Waals surface area (Å²) in [6.45, 7) is 21.4. The zero-order chi connectivity index (χ0) is 28.0. The molecule has 0 aromatic heterocycles. The third-order valence-electron chi connectivity index (χ3n) is 7.28. The van der Waals surface area contributed by atoms with Crippen molar-refractivity contribution in [2.75, 3.05) is 10.6 Å². The zero-order valence-corrected chi connectivity index (χ0v) is 25.3. The number of nitrogens with one attached hydrogen (secondary N) is 2. The van der Waals surface area contributed by atoms with Gasteiger partial charge < -0.3 is 10.6 Å². The van der Waals surface area contributed by atoms with Crippen LogP contribution in [0, 0.1) is 41.5 Å². The van der Waals surface area contributed by atoms with Crippen molar-refractivity contribution in [3.63, 3.8) is 0 Å². The molecule has 0 radical (unpaired) electrons. The SMILES string of the molecule is CC(=CC(C)=N[C@H]1CCCC[C@@H]1N=C(C)C=C(C)Nc1c(C)cc(C)cc1C)Nc1c(C)cc(C)cc1C. The molecule has 1 aliphatic carbocycles. The fourth-order valence-electron chi connectivity index (χ4n) is 5.84. The molecule has 0 unspecified atom stereocenters. The van der Waals surface area contributed by atoms with Gasteiger partial charge in [-0.15, -0.1) is 0 Å². The lowest BCUT2D eigenvalue weighted by Gasteiger charge is -2.26. The van der Waals surface area contributed by atoms with Crippen LogP contribution in [0.4, 0.5) is 11.4 Å². The molecule has 0 spiro atoms. The number of rotatable bonds is 8. The molecule has 2 aromatic carbocycles. The Labute approximate surface area is 231 Å². The van der Waals surface area contributed by atoms with E-state index in [2.05, 4.69) is 116 Å². The molecule has 0 aliphatic heterocycles. The first-order valence-electron chi connectivity index (χ1n) is 14.1. The van der Waals surface area contributed by atoms with Crippen LogP contribution in [0.15, 0.2) is 57.8 Å². The Morgan fingerprint density at radius 2 is 0.921 bits per heavy atom. The summed E-state index contributed by atoms with van der Waals surface area (Å²) in [5.74, 6) is 0. The average Bonchev–Trinajstić information content (AvgIpc) is 2.79. The lowest BCUT2D eigenvalue weighted by molar-refractivity contribution is 0.388. The van der Waals surface area contributed by atoms with E-state index < -0.39 is 0 Å². The first-order chi connectivity index (χ1) is 17.9. The number of allylic oxidation sites excluding steroid dienone is 4. The highest BCUT2D eigenvalue weighted by Crippen LogP contribution is 2.27. The van der Waals surface area contributed by atoms with Gasteiger partial charge in [-0.3, -0.25) is 9.98 Å². The van der Waals surface area contributed by atoms with Crippen LogP contribution in [0.2, 0.25) is 0 Å². The minimum atomic E-state index is 0.230. The average molecular weight is 513 g/mol. The first-order valence-corrected chi connectivity index (χ1v) is 14.1. The zero-order valence-electron chi connectivity index (χ0n) is 25.3. The second kappa shape index (κ2) is 13.1. The predicted octanol–water partition coefficient (Wildman–Crippen LogP) is 9.10. The maximum absolute atomic E-state index is 5.15. The highest BCUT2D eigenvalue weighted by atomic mass is 14.9. The number of hydrogen-bond acceptors (Lipinski definition) is 4. The molecule has 0 saturated heterocycles. The van der Waals surface area contributed by atoms with E-state index in [1.165, 1.54) is 57.6 Å². The van der Waals surface area contributed by atoms with Gasteiger partial charge in [0.1, 0.15) is 0 Å². The van der Waals surface area contributed by atoms with Crippen molar-refractivity contribution in [2.45, 2.75) is 107 Å². The Bertz CT molecular complexity index is 1130. The Morgan fingerprint density at radius 3 is 1.24 bits per heavy atom. The number of aliphatic imine (C=N–C) groups is 2. The summed E-state index contributed by atoms with van der Waals surface area (Å²) in [4.78, 5) is 10.3. The normalized spacial score (nSPS) is 19.5. The lowest BCUT2D eigenvalue weighted by Crippen LogP contribution is -2.28. The largest absolute Gasteiger partial charge is 0.359 e. The number of anilines is 2. The van der Waals surface area contributed by atoms with Gasteiger partial charge in [0.05, 0.1) is 12.1 Å². The smallest absolute Gasteiger partial charge is 0.0726 e. The maximum Gasteiger partial charge on any atom is 0.0726 e. The van der Waals surface area contributed by atoms with E-state index in [1.807, 2.05) is 0 Å². The maximum atomic E-state index is 5.15. The lowest BCUT2D eigenvalue weighted by atomic mass is 9.91. The van der Waals surface area contributed by atoms with Crippen molar-refractivity contribution in [2.24, 2.45) is 9.98 Å². The van der Waals surface area contributed by atoms with E-state index in [-0.39, 0.29) is 12.1 Å². The monoisotopic (exact) mass is 512 g/mol. The molecule has 4 heteroatoms. The molecular weight excluding hydrogens is 464 g/mol. The minimum absolute atomic E-state index is 0.230. The van der Waals surface area contributed by atoms with Gasteiger partial charge in [-0.25, -0.2) is 0 Å². The van der Waals surface area contributed by atoms with E-state index >= 15 is 0 Å². The second-order valence-electron chi connectivity index (χ2n) is 11.4. The molecule has 1 saturated carbocycles.